The van der Waals surface area contributed by atoms with Crippen LogP contribution in [0.15, 0.2) is 65.8 Å². The van der Waals surface area contributed by atoms with E-state index in [0.717, 1.165) is 24.1 Å². The molecule has 0 radical (unpaired) electrons. The van der Waals surface area contributed by atoms with Gasteiger partial charge in [-0.3, -0.25) is 9.59 Å². The van der Waals surface area contributed by atoms with E-state index in [0.29, 0.717) is 12.0 Å². The summed E-state index contributed by atoms with van der Waals surface area (Å²) >= 11 is 0. The van der Waals surface area contributed by atoms with Crippen molar-refractivity contribution in [2.24, 2.45) is 5.10 Å². The fraction of sp³-hybridized carbons (Fsp3) is 0.375. The Morgan fingerprint density at radius 3 is 2.24 bits per heavy atom. The van der Waals surface area contributed by atoms with Crippen molar-refractivity contribution < 1.29 is 9.59 Å². The van der Waals surface area contributed by atoms with Gasteiger partial charge in [0.15, 0.2) is 0 Å². The fourth-order valence-corrected chi connectivity index (χ4v) is 2.98. The summed E-state index contributed by atoms with van der Waals surface area (Å²) in [6.45, 7) is 4.10. The number of carbonyl (C=O) groups is 2. The van der Waals surface area contributed by atoms with Crippen molar-refractivity contribution in [1.82, 2.24) is 10.7 Å². The van der Waals surface area contributed by atoms with Gasteiger partial charge in [-0.05, 0) is 37.5 Å². The second-order valence-corrected chi connectivity index (χ2v) is 7.22. The van der Waals surface area contributed by atoms with Crippen molar-refractivity contribution >= 4 is 17.5 Å². The predicted octanol–water partition coefficient (Wildman–Crippen LogP) is 4.49. The van der Waals surface area contributed by atoms with Crippen molar-refractivity contribution in [2.45, 2.75) is 58.4 Å². The first-order chi connectivity index (χ1) is 14.1. The van der Waals surface area contributed by atoms with Gasteiger partial charge in [0, 0.05) is 17.7 Å². The summed E-state index contributed by atoms with van der Waals surface area (Å²) in [5, 5.41) is 7.08. The highest BCUT2D eigenvalue weighted by atomic mass is 16.2. The lowest BCUT2D eigenvalue weighted by Crippen LogP contribution is -2.47. The Kier molecular flexibility index (Phi) is 9.63. The summed E-state index contributed by atoms with van der Waals surface area (Å²) in [7, 11) is 0. The van der Waals surface area contributed by atoms with Gasteiger partial charge in [0.05, 0.1) is 0 Å². The standard InChI is InChI=1S/C24H31N3O2/c1-3-4-5-8-13-19(2)26-27-24(29)22(18-20-14-9-6-10-15-20)25-23(28)21-16-11-7-12-17-21/h6-7,9-12,14-17,22H,3-5,8,13,18H2,1-2H3,(H,25,28)(H,27,29)/b26-19+. The van der Waals surface area contributed by atoms with Crippen LogP contribution in [0.2, 0.25) is 0 Å². The van der Waals surface area contributed by atoms with E-state index in [1.165, 1.54) is 19.3 Å². The molecule has 1 atom stereocenters. The summed E-state index contributed by atoms with van der Waals surface area (Å²) in [5.41, 5.74) is 5.02. The zero-order valence-electron chi connectivity index (χ0n) is 17.4. The Labute approximate surface area is 173 Å². The molecular formula is C24H31N3O2. The Hall–Kier alpha value is -2.95. The minimum absolute atomic E-state index is 0.276. The van der Waals surface area contributed by atoms with Crippen molar-refractivity contribution in [2.75, 3.05) is 0 Å². The molecule has 0 aliphatic rings. The summed E-state index contributed by atoms with van der Waals surface area (Å²) in [4.78, 5) is 25.3. The van der Waals surface area contributed by atoms with Crippen LogP contribution in [0.25, 0.3) is 0 Å². The van der Waals surface area contributed by atoms with E-state index in [-0.39, 0.29) is 11.8 Å². The van der Waals surface area contributed by atoms with Crippen LogP contribution in [0.3, 0.4) is 0 Å². The number of amides is 2. The molecule has 0 saturated heterocycles. The molecule has 0 spiro atoms. The van der Waals surface area contributed by atoms with Crippen LogP contribution in [0.4, 0.5) is 0 Å². The van der Waals surface area contributed by atoms with E-state index in [1.807, 2.05) is 43.3 Å². The molecule has 2 aromatic carbocycles. The maximum absolute atomic E-state index is 12.8. The van der Waals surface area contributed by atoms with Gasteiger partial charge in [-0.1, -0.05) is 74.7 Å². The SMILES string of the molecule is CCCCCC/C(C)=N/NC(=O)C(Cc1ccccc1)NC(=O)c1ccccc1. The fourth-order valence-electron chi connectivity index (χ4n) is 2.98. The van der Waals surface area contributed by atoms with Gasteiger partial charge in [-0.2, -0.15) is 5.10 Å². The monoisotopic (exact) mass is 393 g/mol. The lowest BCUT2D eigenvalue weighted by Gasteiger charge is -2.17. The van der Waals surface area contributed by atoms with Crippen LogP contribution in [-0.2, 0) is 11.2 Å². The lowest BCUT2D eigenvalue weighted by atomic mass is 10.0. The molecule has 2 rings (SSSR count). The van der Waals surface area contributed by atoms with Crippen LogP contribution in [-0.4, -0.2) is 23.6 Å². The highest BCUT2D eigenvalue weighted by Gasteiger charge is 2.21. The Balaban J connectivity index is 2.01. The van der Waals surface area contributed by atoms with Crippen LogP contribution in [0, 0.1) is 0 Å². The normalized spacial score (nSPS) is 12.3. The quantitative estimate of drug-likeness (QED) is 0.335. The molecule has 5 nitrogen and oxygen atoms in total. The number of hydrazone groups is 1. The minimum Gasteiger partial charge on any atom is -0.340 e. The van der Waals surface area contributed by atoms with Gasteiger partial charge in [0.25, 0.3) is 11.8 Å². The molecule has 0 bridgehead atoms. The molecule has 2 amide bonds. The van der Waals surface area contributed by atoms with Gasteiger partial charge in [0.1, 0.15) is 6.04 Å². The second kappa shape index (κ2) is 12.5. The Bertz CT molecular complexity index is 788. The number of unbranched alkanes of at least 4 members (excludes halogenated alkanes) is 3. The average molecular weight is 394 g/mol. The zero-order chi connectivity index (χ0) is 20.9. The van der Waals surface area contributed by atoms with E-state index in [1.54, 1.807) is 24.3 Å². The lowest BCUT2D eigenvalue weighted by molar-refractivity contribution is -0.122. The third-order valence-corrected chi connectivity index (χ3v) is 4.69. The number of benzene rings is 2. The molecule has 0 aromatic heterocycles. The summed E-state index contributed by atoms with van der Waals surface area (Å²) < 4.78 is 0. The zero-order valence-corrected chi connectivity index (χ0v) is 17.4. The van der Waals surface area contributed by atoms with Crippen LogP contribution in [0.1, 0.15) is 61.9 Å². The van der Waals surface area contributed by atoms with Crippen molar-refractivity contribution in [1.29, 1.82) is 0 Å². The second-order valence-electron chi connectivity index (χ2n) is 7.22. The maximum atomic E-state index is 12.8. The topological polar surface area (TPSA) is 70.6 Å². The molecule has 0 saturated carbocycles. The first-order valence-electron chi connectivity index (χ1n) is 10.3. The van der Waals surface area contributed by atoms with Crippen LogP contribution >= 0.6 is 0 Å². The van der Waals surface area contributed by atoms with E-state index >= 15 is 0 Å². The average Bonchev–Trinajstić information content (AvgIpc) is 2.76. The number of nitrogens with one attached hydrogen (secondary N) is 2. The van der Waals surface area contributed by atoms with E-state index in [2.05, 4.69) is 22.8 Å². The molecule has 29 heavy (non-hydrogen) atoms. The molecule has 154 valence electrons. The van der Waals surface area contributed by atoms with Crippen molar-refractivity contribution in [3.8, 4) is 0 Å². The molecule has 1 unspecified atom stereocenters. The Morgan fingerprint density at radius 2 is 1.59 bits per heavy atom. The van der Waals surface area contributed by atoms with Gasteiger partial charge in [-0.15, -0.1) is 0 Å². The summed E-state index contributed by atoms with van der Waals surface area (Å²) in [5.74, 6) is -0.590. The van der Waals surface area contributed by atoms with Crippen LogP contribution < -0.4 is 10.7 Å². The van der Waals surface area contributed by atoms with Crippen molar-refractivity contribution in [3.05, 3.63) is 71.8 Å². The molecule has 2 N–H and O–H groups in total. The van der Waals surface area contributed by atoms with E-state index in [9.17, 15) is 9.59 Å². The third kappa shape index (κ3) is 8.30. The van der Waals surface area contributed by atoms with Crippen LogP contribution in [0.5, 0.6) is 0 Å². The van der Waals surface area contributed by atoms with Gasteiger partial charge >= 0.3 is 0 Å². The highest BCUT2D eigenvalue weighted by Crippen LogP contribution is 2.07. The number of nitrogens with zero attached hydrogens (tertiary/aromatic N) is 1. The number of hydrogen-bond donors (Lipinski definition) is 2. The first-order valence-corrected chi connectivity index (χ1v) is 10.3. The maximum Gasteiger partial charge on any atom is 0.262 e. The van der Waals surface area contributed by atoms with Gasteiger partial charge in [0.2, 0.25) is 0 Å². The largest absolute Gasteiger partial charge is 0.340 e. The highest BCUT2D eigenvalue weighted by molar-refractivity contribution is 5.97. The molecule has 0 heterocycles. The predicted molar refractivity (Wildman–Crippen MR) is 118 cm³/mol. The first kappa shape index (κ1) is 22.3. The van der Waals surface area contributed by atoms with Gasteiger partial charge in [-0.25, -0.2) is 5.43 Å². The van der Waals surface area contributed by atoms with Gasteiger partial charge < -0.3 is 5.32 Å². The molecule has 5 heteroatoms. The number of hydrogen-bond acceptors (Lipinski definition) is 3. The Morgan fingerprint density at radius 1 is 0.931 bits per heavy atom. The third-order valence-electron chi connectivity index (χ3n) is 4.69. The molecule has 0 fully saturated rings. The number of rotatable bonds is 11. The minimum atomic E-state index is -0.707. The smallest absolute Gasteiger partial charge is 0.262 e. The summed E-state index contributed by atoms with van der Waals surface area (Å²) in [6.07, 6.45) is 5.90. The molecule has 0 aliphatic carbocycles. The van der Waals surface area contributed by atoms with E-state index < -0.39 is 6.04 Å². The van der Waals surface area contributed by atoms with Crippen molar-refractivity contribution in [3.63, 3.8) is 0 Å². The van der Waals surface area contributed by atoms with E-state index in [4.69, 9.17) is 0 Å². The molecule has 0 aliphatic heterocycles. The summed E-state index contributed by atoms with van der Waals surface area (Å²) in [6, 6.07) is 17.8. The number of carbonyl (C=O) groups excluding carboxylic acids is 2. The molecular weight excluding hydrogens is 362 g/mol. The molecule has 2 aromatic rings.